The van der Waals surface area contributed by atoms with Crippen LogP contribution in [-0.2, 0) is 14.8 Å². The van der Waals surface area contributed by atoms with E-state index < -0.39 is 10.0 Å². The molecule has 0 radical (unpaired) electrons. The van der Waals surface area contributed by atoms with Crippen molar-refractivity contribution in [3.05, 3.63) is 23.2 Å². The third-order valence-corrected chi connectivity index (χ3v) is 7.95. The van der Waals surface area contributed by atoms with Gasteiger partial charge in [0.05, 0.1) is 22.2 Å². The smallest absolute Gasteiger partial charge is 0.243 e. The van der Waals surface area contributed by atoms with E-state index in [1.54, 1.807) is 10.4 Å². The Morgan fingerprint density at radius 2 is 1.72 bits per heavy atom. The van der Waals surface area contributed by atoms with E-state index in [-0.39, 0.29) is 17.3 Å². The number of nitrogens with one attached hydrogen (secondary N) is 1. The number of carbonyl (C=O) groups is 1. The first-order valence-electron chi connectivity index (χ1n) is 10.6. The van der Waals surface area contributed by atoms with Crippen molar-refractivity contribution in [1.82, 2.24) is 9.21 Å². The van der Waals surface area contributed by atoms with Crippen LogP contribution in [0.2, 0.25) is 5.02 Å². The van der Waals surface area contributed by atoms with Crippen molar-refractivity contribution in [3.8, 4) is 0 Å². The van der Waals surface area contributed by atoms with Crippen molar-refractivity contribution in [2.24, 2.45) is 11.8 Å². The summed E-state index contributed by atoms with van der Waals surface area (Å²) in [5, 5.41) is 3.16. The number of benzene rings is 1. The summed E-state index contributed by atoms with van der Waals surface area (Å²) in [7, 11) is -3.59. The number of halogens is 1. The van der Waals surface area contributed by atoms with Gasteiger partial charge in [0, 0.05) is 26.2 Å². The molecule has 0 bridgehead atoms. The molecule has 2 fully saturated rings. The van der Waals surface area contributed by atoms with E-state index in [4.69, 9.17) is 11.6 Å². The lowest BCUT2D eigenvalue weighted by atomic mass is 9.92. The fourth-order valence-electron chi connectivity index (χ4n) is 4.51. The van der Waals surface area contributed by atoms with Crippen LogP contribution < -0.4 is 5.32 Å². The van der Waals surface area contributed by atoms with E-state index in [1.165, 1.54) is 18.6 Å². The summed E-state index contributed by atoms with van der Waals surface area (Å²) in [6, 6.07) is 4.56. The summed E-state index contributed by atoms with van der Waals surface area (Å²) in [4.78, 5) is 14.9. The predicted molar refractivity (Wildman–Crippen MR) is 117 cm³/mol. The molecule has 1 N–H and O–H groups in total. The monoisotopic (exact) mass is 441 g/mol. The molecule has 2 saturated heterocycles. The average Bonchev–Trinajstić information content (AvgIpc) is 2.92. The van der Waals surface area contributed by atoms with Gasteiger partial charge in [-0.1, -0.05) is 38.3 Å². The molecular weight excluding hydrogens is 410 g/mol. The van der Waals surface area contributed by atoms with Gasteiger partial charge in [-0.25, -0.2) is 8.42 Å². The molecule has 6 nitrogen and oxygen atoms in total. The highest BCUT2D eigenvalue weighted by atomic mass is 35.5. The molecule has 1 aromatic rings. The fraction of sp³-hybridized carbons (Fsp3) is 0.667. The first-order valence-corrected chi connectivity index (χ1v) is 12.4. The minimum atomic E-state index is -3.59. The molecule has 0 saturated carbocycles. The minimum absolute atomic E-state index is 0.169. The number of piperidine rings is 1. The summed E-state index contributed by atoms with van der Waals surface area (Å²) < 4.78 is 27.6. The first kappa shape index (κ1) is 22.5. The fourth-order valence-corrected chi connectivity index (χ4v) is 6.21. The van der Waals surface area contributed by atoms with Gasteiger partial charge in [-0.05, 0) is 49.3 Å². The molecule has 2 atom stereocenters. The molecule has 162 valence electrons. The Balaban J connectivity index is 1.70. The second-order valence-corrected chi connectivity index (χ2v) is 11.0. The molecule has 0 aromatic heterocycles. The largest absolute Gasteiger partial charge is 0.324 e. The topological polar surface area (TPSA) is 69.7 Å². The van der Waals surface area contributed by atoms with Crippen LogP contribution >= 0.6 is 11.6 Å². The van der Waals surface area contributed by atoms with E-state index in [1.807, 2.05) is 0 Å². The van der Waals surface area contributed by atoms with Crippen molar-refractivity contribution in [2.45, 2.75) is 50.8 Å². The van der Waals surface area contributed by atoms with Gasteiger partial charge in [0.2, 0.25) is 15.9 Å². The molecule has 1 amide bonds. The normalized spacial score (nSPS) is 24.8. The number of carbonyl (C=O) groups excluding carboxylic acids is 1. The third kappa shape index (κ3) is 5.94. The number of hydrogen-bond donors (Lipinski definition) is 1. The van der Waals surface area contributed by atoms with E-state index in [9.17, 15) is 13.2 Å². The molecule has 2 aliphatic heterocycles. The quantitative estimate of drug-likeness (QED) is 0.754. The minimum Gasteiger partial charge on any atom is -0.324 e. The molecule has 2 unspecified atom stereocenters. The highest BCUT2D eigenvalue weighted by Crippen LogP contribution is 2.28. The number of likely N-dealkylation sites (tertiary alicyclic amines) is 1. The molecule has 0 aliphatic carbocycles. The van der Waals surface area contributed by atoms with Gasteiger partial charge in [-0.3, -0.25) is 9.69 Å². The average molecular weight is 442 g/mol. The number of anilines is 1. The highest BCUT2D eigenvalue weighted by Gasteiger charge is 2.27. The Morgan fingerprint density at radius 1 is 1.10 bits per heavy atom. The number of amides is 1. The lowest BCUT2D eigenvalue weighted by molar-refractivity contribution is -0.117. The van der Waals surface area contributed by atoms with Crippen LogP contribution in [0.25, 0.3) is 0 Å². The van der Waals surface area contributed by atoms with E-state index in [2.05, 4.69) is 24.1 Å². The molecule has 1 aromatic carbocycles. The molecule has 29 heavy (non-hydrogen) atoms. The van der Waals surface area contributed by atoms with Crippen LogP contribution in [0.5, 0.6) is 0 Å². The summed E-state index contributed by atoms with van der Waals surface area (Å²) in [6.07, 6.45) is 5.05. The predicted octanol–water partition coefficient (Wildman–Crippen LogP) is 3.82. The number of sulfonamides is 1. The lowest BCUT2D eigenvalue weighted by Crippen LogP contribution is -2.42. The Hall–Kier alpha value is -1.15. The van der Waals surface area contributed by atoms with Crippen molar-refractivity contribution < 1.29 is 13.2 Å². The zero-order valence-corrected chi connectivity index (χ0v) is 18.9. The van der Waals surface area contributed by atoms with E-state index >= 15 is 0 Å². The zero-order valence-electron chi connectivity index (χ0n) is 17.4. The highest BCUT2D eigenvalue weighted by molar-refractivity contribution is 7.89. The van der Waals surface area contributed by atoms with Gasteiger partial charge in [-0.15, -0.1) is 0 Å². The van der Waals surface area contributed by atoms with Gasteiger partial charge in [0.15, 0.2) is 0 Å². The summed E-state index contributed by atoms with van der Waals surface area (Å²) >= 11 is 6.25. The Kier molecular flexibility index (Phi) is 7.59. The molecular formula is C21H32ClN3O3S. The SMILES string of the molecule is CC1CC(C)CN(CC(=O)Nc2cc(S(=O)(=O)N3CCCCCC3)ccc2Cl)C1. The second kappa shape index (κ2) is 9.77. The van der Waals surface area contributed by atoms with Gasteiger partial charge in [0.25, 0.3) is 0 Å². The van der Waals surface area contributed by atoms with Crippen LogP contribution in [0.15, 0.2) is 23.1 Å². The summed E-state index contributed by atoms with van der Waals surface area (Å²) in [5.74, 6) is 0.965. The van der Waals surface area contributed by atoms with Gasteiger partial charge in [-0.2, -0.15) is 4.31 Å². The molecule has 2 heterocycles. The van der Waals surface area contributed by atoms with Crippen LogP contribution in [0.3, 0.4) is 0 Å². The molecule has 3 rings (SSSR count). The van der Waals surface area contributed by atoms with Gasteiger partial charge in [0.1, 0.15) is 0 Å². The Bertz CT molecular complexity index is 812. The standard InChI is InChI=1S/C21H32ClN3O3S/c1-16-11-17(2)14-24(13-16)15-21(26)23-20-12-18(7-8-19(20)22)29(27,28)25-9-5-3-4-6-10-25/h7-8,12,16-17H,3-6,9-11,13-15H2,1-2H3,(H,23,26). The van der Waals surface area contributed by atoms with Crippen molar-refractivity contribution in [3.63, 3.8) is 0 Å². The van der Waals surface area contributed by atoms with Crippen molar-refractivity contribution in [2.75, 3.05) is 38.0 Å². The zero-order chi connectivity index (χ0) is 21.0. The number of nitrogens with zero attached hydrogens (tertiary/aromatic N) is 2. The van der Waals surface area contributed by atoms with Crippen LogP contribution in [0.1, 0.15) is 46.0 Å². The van der Waals surface area contributed by atoms with Gasteiger partial charge < -0.3 is 5.32 Å². The number of rotatable bonds is 5. The maximum atomic E-state index is 13.0. The Labute approximate surface area is 179 Å². The molecule has 8 heteroatoms. The Morgan fingerprint density at radius 3 is 2.34 bits per heavy atom. The van der Waals surface area contributed by atoms with Crippen LogP contribution in [0, 0.1) is 11.8 Å². The maximum absolute atomic E-state index is 13.0. The summed E-state index contributed by atoms with van der Waals surface area (Å²) in [5.41, 5.74) is 0.352. The van der Waals surface area contributed by atoms with E-state index in [0.717, 1.165) is 38.8 Å². The first-order chi connectivity index (χ1) is 13.8. The lowest BCUT2D eigenvalue weighted by Gasteiger charge is -2.34. The summed E-state index contributed by atoms with van der Waals surface area (Å²) in [6.45, 7) is 7.57. The van der Waals surface area contributed by atoms with Gasteiger partial charge >= 0.3 is 0 Å². The molecule has 2 aliphatic rings. The van der Waals surface area contributed by atoms with Crippen molar-refractivity contribution >= 4 is 33.2 Å². The third-order valence-electron chi connectivity index (χ3n) is 5.73. The van der Waals surface area contributed by atoms with Crippen LogP contribution in [-0.4, -0.2) is 56.3 Å². The second-order valence-electron chi connectivity index (χ2n) is 8.65. The van der Waals surface area contributed by atoms with Crippen LogP contribution in [0.4, 0.5) is 5.69 Å². The molecule has 0 spiro atoms. The maximum Gasteiger partial charge on any atom is 0.243 e. The number of hydrogen-bond acceptors (Lipinski definition) is 4. The van der Waals surface area contributed by atoms with Crippen molar-refractivity contribution in [1.29, 1.82) is 0 Å². The van der Waals surface area contributed by atoms with E-state index in [0.29, 0.717) is 35.6 Å².